The Morgan fingerprint density at radius 3 is 2.58 bits per heavy atom. The predicted molar refractivity (Wildman–Crippen MR) is 149 cm³/mol. The van der Waals surface area contributed by atoms with Crippen LogP contribution < -0.4 is 15.4 Å². The van der Waals surface area contributed by atoms with Crippen LogP contribution in [0.25, 0.3) is 20.8 Å². The van der Waals surface area contributed by atoms with Gasteiger partial charge in [-0.25, -0.2) is 14.0 Å². The number of piperazine rings is 1. The van der Waals surface area contributed by atoms with Gasteiger partial charge in [0, 0.05) is 69.0 Å². The molecule has 3 N–H and O–H groups in total. The summed E-state index contributed by atoms with van der Waals surface area (Å²) >= 11 is 1.46. The second kappa shape index (κ2) is 11.1. The third-order valence-electron chi connectivity index (χ3n) is 6.82. The molecule has 1 aliphatic carbocycles. The second-order valence-corrected chi connectivity index (χ2v) is 10.9. The molecule has 1 saturated heterocycles. The number of benzene rings is 1. The quantitative estimate of drug-likeness (QED) is 0.277. The first-order valence-corrected chi connectivity index (χ1v) is 13.8. The third-order valence-corrected chi connectivity index (χ3v) is 7.99. The Balaban J connectivity index is 1.13. The first-order chi connectivity index (χ1) is 19.4. The average Bonchev–Trinajstić information content (AvgIpc) is 3.64. The van der Waals surface area contributed by atoms with E-state index in [9.17, 15) is 14.0 Å². The number of nitrogens with zero attached hydrogens (tertiary/aromatic N) is 4. The zero-order valence-electron chi connectivity index (χ0n) is 21.5. The highest BCUT2D eigenvalue weighted by Crippen LogP contribution is 2.39. The number of hydrogen-bond donors (Lipinski definition) is 3. The molecule has 40 heavy (non-hydrogen) atoms. The van der Waals surface area contributed by atoms with Crippen LogP contribution >= 0.6 is 11.3 Å². The van der Waals surface area contributed by atoms with Crippen molar-refractivity contribution >= 4 is 39.4 Å². The highest BCUT2D eigenvalue weighted by atomic mass is 32.1. The standard InChI is InChI=1S/C28H27FN6O4S/c29-20-13-19(33-27(36)32-18-2-3-18)4-6-23(20)39-24-7-8-30-22-14-25(40-26(22)24)21-5-1-17(15-31-21)16-34-9-11-35(12-10-34)28(37)38/h1,4-8,13-15,18H,2-3,9-12,16H2,(H,37,38)(H2,32,33,36). The van der Waals surface area contributed by atoms with Gasteiger partial charge >= 0.3 is 12.1 Å². The number of nitrogens with one attached hydrogen (secondary N) is 2. The van der Waals surface area contributed by atoms with E-state index in [0.29, 0.717) is 44.2 Å². The fourth-order valence-corrected chi connectivity index (χ4v) is 5.54. The minimum absolute atomic E-state index is 0.0438. The van der Waals surface area contributed by atoms with E-state index in [1.807, 2.05) is 24.4 Å². The Kier molecular flexibility index (Phi) is 7.18. The smallest absolute Gasteiger partial charge is 0.407 e. The number of pyridine rings is 2. The van der Waals surface area contributed by atoms with Gasteiger partial charge in [-0.15, -0.1) is 11.3 Å². The highest BCUT2D eigenvalue weighted by molar-refractivity contribution is 7.22. The van der Waals surface area contributed by atoms with E-state index >= 15 is 0 Å². The summed E-state index contributed by atoms with van der Waals surface area (Å²) < 4.78 is 21.5. The molecule has 4 aromatic rings. The van der Waals surface area contributed by atoms with Gasteiger partial charge in [-0.2, -0.15) is 0 Å². The summed E-state index contributed by atoms with van der Waals surface area (Å²) in [6, 6.07) is 11.8. The van der Waals surface area contributed by atoms with Crippen LogP contribution in [-0.2, 0) is 6.54 Å². The van der Waals surface area contributed by atoms with Crippen LogP contribution in [0.3, 0.4) is 0 Å². The van der Waals surface area contributed by atoms with Crippen molar-refractivity contribution in [2.24, 2.45) is 0 Å². The molecular weight excluding hydrogens is 535 g/mol. The van der Waals surface area contributed by atoms with Gasteiger partial charge in [-0.3, -0.25) is 14.9 Å². The van der Waals surface area contributed by atoms with Crippen molar-refractivity contribution in [1.82, 2.24) is 25.1 Å². The number of ether oxygens (including phenoxy) is 1. The SMILES string of the molecule is O=C(Nc1ccc(Oc2ccnc3cc(-c4ccc(CN5CCN(C(=O)O)CC5)cn4)sc23)c(F)c1)NC1CC1. The van der Waals surface area contributed by atoms with Crippen LogP contribution in [0.4, 0.5) is 19.7 Å². The Labute approximate surface area is 233 Å². The molecule has 4 heterocycles. The molecule has 10 nitrogen and oxygen atoms in total. The van der Waals surface area contributed by atoms with Gasteiger partial charge in [-0.05, 0) is 42.7 Å². The molecule has 3 amide bonds. The van der Waals surface area contributed by atoms with E-state index in [1.165, 1.54) is 28.4 Å². The zero-order valence-corrected chi connectivity index (χ0v) is 22.3. The summed E-state index contributed by atoms with van der Waals surface area (Å²) in [5.41, 5.74) is 2.90. The van der Waals surface area contributed by atoms with Crippen molar-refractivity contribution in [1.29, 1.82) is 0 Å². The molecule has 1 aromatic carbocycles. The number of anilines is 1. The molecule has 12 heteroatoms. The summed E-state index contributed by atoms with van der Waals surface area (Å²) in [4.78, 5) is 36.7. The minimum atomic E-state index is -0.873. The number of halogens is 1. The van der Waals surface area contributed by atoms with Crippen molar-refractivity contribution < 1.29 is 23.8 Å². The number of urea groups is 1. The van der Waals surface area contributed by atoms with E-state index in [4.69, 9.17) is 9.84 Å². The largest absolute Gasteiger partial charge is 0.465 e. The number of thiophene rings is 1. The summed E-state index contributed by atoms with van der Waals surface area (Å²) in [6.07, 6.45) is 4.52. The first kappa shape index (κ1) is 26.0. The highest BCUT2D eigenvalue weighted by Gasteiger charge is 2.23. The number of fused-ring (bicyclic) bond motifs is 1. The number of carboxylic acid groups (broad SMARTS) is 1. The molecule has 2 aliphatic rings. The number of hydrogen-bond acceptors (Lipinski definition) is 7. The summed E-state index contributed by atoms with van der Waals surface area (Å²) in [7, 11) is 0. The molecule has 2 fully saturated rings. The molecule has 0 bridgehead atoms. The maximum atomic E-state index is 14.8. The Morgan fingerprint density at radius 2 is 1.88 bits per heavy atom. The lowest BCUT2D eigenvalue weighted by Crippen LogP contribution is -2.47. The van der Waals surface area contributed by atoms with Crippen molar-refractivity contribution in [2.45, 2.75) is 25.4 Å². The van der Waals surface area contributed by atoms with Gasteiger partial charge in [0.05, 0.1) is 20.8 Å². The molecule has 1 saturated carbocycles. The van der Waals surface area contributed by atoms with Gasteiger partial charge in [0.25, 0.3) is 0 Å². The van der Waals surface area contributed by atoms with E-state index < -0.39 is 11.9 Å². The number of amides is 3. The van der Waals surface area contributed by atoms with Crippen LogP contribution in [0.15, 0.2) is 54.9 Å². The summed E-state index contributed by atoms with van der Waals surface area (Å²) in [5.74, 6) is -0.0701. The number of carbonyl (C=O) groups is 2. The Hall–Kier alpha value is -4.29. The Morgan fingerprint density at radius 1 is 1.05 bits per heavy atom. The van der Waals surface area contributed by atoms with Crippen molar-refractivity contribution in [3.05, 3.63) is 66.2 Å². The van der Waals surface area contributed by atoms with Gasteiger partial charge in [0.2, 0.25) is 0 Å². The zero-order chi connectivity index (χ0) is 27.6. The number of rotatable bonds is 7. The van der Waals surface area contributed by atoms with Crippen LogP contribution in [0.1, 0.15) is 18.4 Å². The molecule has 6 rings (SSSR count). The van der Waals surface area contributed by atoms with Crippen LogP contribution in [0.2, 0.25) is 0 Å². The van der Waals surface area contributed by atoms with Crippen LogP contribution in [0.5, 0.6) is 11.5 Å². The molecule has 0 atom stereocenters. The summed E-state index contributed by atoms with van der Waals surface area (Å²) in [5, 5.41) is 14.6. The lowest BCUT2D eigenvalue weighted by molar-refractivity contribution is 0.103. The minimum Gasteiger partial charge on any atom is -0.465 e. The maximum absolute atomic E-state index is 14.8. The molecule has 0 unspecified atom stereocenters. The number of carbonyl (C=O) groups excluding carboxylic acids is 1. The number of aromatic nitrogens is 2. The lowest BCUT2D eigenvalue weighted by Gasteiger charge is -2.32. The van der Waals surface area contributed by atoms with E-state index in [1.54, 1.807) is 18.3 Å². The molecule has 1 aliphatic heterocycles. The van der Waals surface area contributed by atoms with E-state index in [-0.39, 0.29) is 17.8 Å². The first-order valence-electron chi connectivity index (χ1n) is 13.0. The van der Waals surface area contributed by atoms with Crippen molar-refractivity contribution in [2.75, 3.05) is 31.5 Å². The van der Waals surface area contributed by atoms with Gasteiger partial charge < -0.3 is 25.4 Å². The molecule has 0 radical (unpaired) electrons. The molecular formula is C28H27FN6O4S. The topological polar surface area (TPSA) is 120 Å². The van der Waals surface area contributed by atoms with E-state index in [0.717, 1.165) is 39.2 Å². The third kappa shape index (κ3) is 5.97. The van der Waals surface area contributed by atoms with Gasteiger partial charge in [-0.1, -0.05) is 6.07 Å². The van der Waals surface area contributed by atoms with Crippen LogP contribution in [0, 0.1) is 5.82 Å². The molecule has 3 aromatic heterocycles. The average molecular weight is 563 g/mol. The van der Waals surface area contributed by atoms with E-state index in [2.05, 4.69) is 25.5 Å². The lowest BCUT2D eigenvalue weighted by atomic mass is 10.2. The monoisotopic (exact) mass is 562 g/mol. The van der Waals surface area contributed by atoms with Crippen molar-refractivity contribution in [3.8, 4) is 22.1 Å². The normalized spacial score (nSPS) is 15.7. The summed E-state index contributed by atoms with van der Waals surface area (Å²) in [6.45, 7) is 3.09. The maximum Gasteiger partial charge on any atom is 0.407 e. The second-order valence-electron chi connectivity index (χ2n) is 9.85. The predicted octanol–water partition coefficient (Wildman–Crippen LogP) is 5.37. The van der Waals surface area contributed by atoms with Crippen LogP contribution in [-0.4, -0.2) is 69.2 Å². The molecule has 206 valence electrons. The van der Waals surface area contributed by atoms with Gasteiger partial charge in [0.15, 0.2) is 11.6 Å². The fraction of sp³-hybridized carbons (Fsp3) is 0.286. The Bertz CT molecular complexity index is 1550. The molecule has 0 spiro atoms. The van der Waals surface area contributed by atoms with Gasteiger partial charge in [0.1, 0.15) is 5.75 Å². The van der Waals surface area contributed by atoms with Crippen molar-refractivity contribution in [3.63, 3.8) is 0 Å². The fourth-order valence-electron chi connectivity index (χ4n) is 4.50.